The number of fused-ring (bicyclic) bond motifs is 1. The average Bonchev–Trinajstić information content (AvgIpc) is 3.34. The Morgan fingerprint density at radius 3 is 2.62 bits per heavy atom. The van der Waals surface area contributed by atoms with Gasteiger partial charge in [0.2, 0.25) is 11.9 Å². The Morgan fingerprint density at radius 1 is 1.06 bits per heavy atom. The number of nitrogens with one attached hydrogen (secondary N) is 5. The van der Waals surface area contributed by atoms with Crippen molar-refractivity contribution < 1.29 is 14.8 Å². The highest BCUT2D eigenvalue weighted by Gasteiger charge is 2.17. The van der Waals surface area contributed by atoms with Crippen molar-refractivity contribution in [3.63, 3.8) is 0 Å². The van der Waals surface area contributed by atoms with Gasteiger partial charge in [0.05, 0.1) is 6.33 Å². The Kier molecular flexibility index (Phi) is 7.87. The van der Waals surface area contributed by atoms with Gasteiger partial charge in [0.15, 0.2) is 11.5 Å². The summed E-state index contributed by atoms with van der Waals surface area (Å²) < 4.78 is 0. The normalized spacial score (nSPS) is 14.0. The zero-order valence-corrected chi connectivity index (χ0v) is 18.9. The maximum Gasteiger partial charge on any atom is 0.251 e. The van der Waals surface area contributed by atoms with E-state index in [9.17, 15) is 9.59 Å². The van der Waals surface area contributed by atoms with Gasteiger partial charge in [-0.25, -0.2) is 10.5 Å². The third-order valence-electron chi connectivity index (χ3n) is 5.88. The summed E-state index contributed by atoms with van der Waals surface area (Å²) in [5, 5.41) is 18.0. The van der Waals surface area contributed by atoms with Crippen LogP contribution in [-0.4, -0.2) is 49.5 Å². The van der Waals surface area contributed by atoms with Crippen molar-refractivity contribution in [1.82, 2.24) is 30.7 Å². The first-order valence-corrected chi connectivity index (χ1v) is 11.7. The summed E-state index contributed by atoms with van der Waals surface area (Å²) in [6.45, 7) is 0.450. The van der Waals surface area contributed by atoms with Crippen LogP contribution in [0.4, 0.5) is 17.5 Å². The van der Waals surface area contributed by atoms with Crippen molar-refractivity contribution in [2.45, 2.75) is 57.4 Å². The fraction of sp³-hybridized carbons (Fsp3) is 0.435. The number of anilines is 3. The van der Waals surface area contributed by atoms with Gasteiger partial charge in [-0.15, -0.1) is 0 Å². The van der Waals surface area contributed by atoms with Gasteiger partial charge in [-0.2, -0.15) is 9.97 Å². The van der Waals surface area contributed by atoms with E-state index in [4.69, 9.17) is 5.21 Å². The lowest BCUT2D eigenvalue weighted by Gasteiger charge is -2.23. The maximum atomic E-state index is 12.3. The van der Waals surface area contributed by atoms with E-state index in [-0.39, 0.29) is 12.3 Å². The summed E-state index contributed by atoms with van der Waals surface area (Å²) in [4.78, 5) is 39.9. The van der Waals surface area contributed by atoms with Crippen LogP contribution < -0.4 is 21.4 Å². The minimum absolute atomic E-state index is 0.189. The van der Waals surface area contributed by atoms with Crippen LogP contribution in [-0.2, 0) is 4.79 Å². The van der Waals surface area contributed by atoms with Gasteiger partial charge >= 0.3 is 0 Å². The number of aromatic amines is 1. The lowest BCUT2D eigenvalue weighted by Crippen LogP contribution is -2.25. The summed E-state index contributed by atoms with van der Waals surface area (Å²) in [6, 6.07) is 7.45. The molecule has 1 saturated carbocycles. The van der Waals surface area contributed by atoms with E-state index in [2.05, 4.69) is 35.9 Å². The predicted octanol–water partition coefficient (Wildman–Crippen LogP) is 3.25. The number of hydrogen-bond acceptors (Lipinski definition) is 8. The number of imidazole rings is 1. The molecule has 0 atom stereocenters. The third-order valence-corrected chi connectivity index (χ3v) is 5.88. The van der Waals surface area contributed by atoms with Crippen LogP contribution in [0, 0.1) is 0 Å². The Hall–Kier alpha value is -3.73. The van der Waals surface area contributed by atoms with Crippen LogP contribution in [0.15, 0.2) is 30.6 Å². The van der Waals surface area contributed by atoms with Gasteiger partial charge < -0.3 is 20.9 Å². The molecule has 0 spiro atoms. The van der Waals surface area contributed by atoms with Gasteiger partial charge in [-0.1, -0.05) is 19.3 Å². The van der Waals surface area contributed by atoms with Gasteiger partial charge in [-0.05, 0) is 49.9 Å². The minimum Gasteiger partial charge on any atom is -0.365 e. The van der Waals surface area contributed by atoms with Gasteiger partial charge in [0, 0.05) is 30.3 Å². The lowest BCUT2D eigenvalue weighted by molar-refractivity contribution is -0.129. The first-order chi connectivity index (χ1) is 16.6. The van der Waals surface area contributed by atoms with Crippen molar-refractivity contribution in [1.29, 1.82) is 0 Å². The van der Waals surface area contributed by atoms with E-state index < -0.39 is 5.91 Å². The van der Waals surface area contributed by atoms with E-state index in [1.807, 2.05) is 0 Å². The molecule has 2 amide bonds. The fourth-order valence-corrected chi connectivity index (χ4v) is 4.04. The van der Waals surface area contributed by atoms with E-state index in [0.29, 0.717) is 42.6 Å². The Labute approximate surface area is 197 Å². The molecule has 34 heavy (non-hydrogen) atoms. The van der Waals surface area contributed by atoms with Crippen molar-refractivity contribution in [3.05, 3.63) is 36.2 Å². The van der Waals surface area contributed by atoms with Crippen LogP contribution in [0.2, 0.25) is 0 Å². The number of carbonyl (C=O) groups excluding carboxylic acids is 2. The fourth-order valence-electron chi connectivity index (χ4n) is 4.04. The molecular formula is C23H30N8O3. The zero-order valence-electron chi connectivity index (χ0n) is 18.9. The van der Waals surface area contributed by atoms with Crippen molar-refractivity contribution in [2.75, 3.05) is 17.2 Å². The molecule has 0 bridgehead atoms. The molecule has 1 aliphatic rings. The van der Waals surface area contributed by atoms with Crippen LogP contribution >= 0.6 is 0 Å². The molecule has 6 N–H and O–H groups in total. The molecule has 0 radical (unpaired) electrons. The monoisotopic (exact) mass is 466 g/mol. The molecule has 180 valence electrons. The number of benzene rings is 1. The molecular weight excluding hydrogens is 436 g/mol. The SMILES string of the molecule is O=C(CCCCNC(=O)c1ccc(Nc2nc(NC3CCCCC3)c3[nH]cnc3n2)cc1)NO. The highest BCUT2D eigenvalue weighted by atomic mass is 16.5. The zero-order chi connectivity index (χ0) is 23.8. The number of nitrogens with zero attached hydrogens (tertiary/aromatic N) is 3. The number of unbranched alkanes of at least 4 members (excludes halogenated alkanes) is 1. The quantitative estimate of drug-likeness (QED) is 0.151. The molecule has 11 heteroatoms. The van der Waals surface area contributed by atoms with E-state index in [1.165, 1.54) is 19.3 Å². The molecule has 4 rings (SSSR count). The van der Waals surface area contributed by atoms with Crippen LogP contribution in [0.3, 0.4) is 0 Å². The number of hydroxylamine groups is 1. The van der Waals surface area contributed by atoms with Crippen molar-refractivity contribution in [3.8, 4) is 0 Å². The number of aromatic nitrogens is 4. The molecule has 0 aliphatic heterocycles. The first kappa shape index (κ1) is 23.4. The maximum absolute atomic E-state index is 12.3. The number of amides is 2. The van der Waals surface area contributed by atoms with Crippen LogP contribution in [0.1, 0.15) is 61.7 Å². The van der Waals surface area contributed by atoms with E-state index in [0.717, 1.165) is 29.9 Å². The summed E-state index contributed by atoms with van der Waals surface area (Å²) in [7, 11) is 0. The Balaban J connectivity index is 1.35. The standard InChI is InChI=1S/C23H30N8O3/c32-18(31-34)8-4-5-13-24-22(33)15-9-11-17(12-10-15)28-23-29-20-19(25-14-26-20)21(30-23)27-16-6-2-1-3-7-16/h9-12,14,16,34H,1-8,13H2,(H,24,33)(H,31,32)(H3,25,26,27,28,29,30). The Morgan fingerprint density at radius 2 is 1.85 bits per heavy atom. The largest absolute Gasteiger partial charge is 0.365 e. The number of H-pyrrole nitrogens is 1. The summed E-state index contributed by atoms with van der Waals surface area (Å²) in [6.07, 6.45) is 9.04. The molecule has 1 aliphatic carbocycles. The van der Waals surface area contributed by atoms with Crippen molar-refractivity contribution in [2.24, 2.45) is 0 Å². The van der Waals surface area contributed by atoms with E-state index >= 15 is 0 Å². The molecule has 1 aromatic carbocycles. The summed E-state index contributed by atoms with van der Waals surface area (Å²) in [5.74, 6) is 0.555. The molecule has 3 aromatic rings. The number of hydrogen-bond donors (Lipinski definition) is 6. The Bertz CT molecular complexity index is 1110. The van der Waals surface area contributed by atoms with Crippen molar-refractivity contribution >= 4 is 40.4 Å². The summed E-state index contributed by atoms with van der Waals surface area (Å²) in [5.41, 5.74) is 4.25. The number of carbonyl (C=O) groups is 2. The van der Waals surface area contributed by atoms with Crippen LogP contribution in [0.5, 0.6) is 0 Å². The van der Waals surface area contributed by atoms with Gasteiger partial charge in [-0.3, -0.25) is 14.8 Å². The molecule has 2 aromatic heterocycles. The molecule has 0 unspecified atom stereocenters. The highest BCUT2D eigenvalue weighted by molar-refractivity contribution is 5.94. The second kappa shape index (κ2) is 11.4. The van der Waals surface area contributed by atoms with E-state index in [1.54, 1.807) is 36.1 Å². The molecule has 0 saturated heterocycles. The predicted molar refractivity (Wildman–Crippen MR) is 128 cm³/mol. The van der Waals surface area contributed by atoms with Crippen LogP contribution in [0.25, 0.3) is 11.2 Å². The topological polar surface area (TPSA) is 157 Å². The highest BCUT2D eigenvalue weighted by Crippen LogP contribution is 2.26. The van der Waals surface area contributed by atoms with Gasteiger partial charge in [0.25, 0.3) is 5.91 Å². The molecule has 1 fully saturated rings. The second-order valence-electron chi connectivity index (χ2n) is 8.43. The molecule has 2 heterocycles. The summed E-state index contributed by atoms with van der Waals surface area (Å²) >= 11 is 0. The lowest BCUT2D eigenvalue weighted by atomic mass is 9.95. The average molecular weight is 467 g/mol. The smallest absolute Gasteiger partial charge is 0.251 e. The minimum atomic E-state index is -0.429. The number of rotatable bonds is 10. The first-order valence-electron chi connectivity index (χ1n) is 11.7. The third kappa shape index (κ3) is 6.19. The van der Waals surface area contributed by atoms with Gasteiger partial charge in [0.1, 0.15) is 5.52 Å². The molecule has 11 nitrogen and oxygen atoms in total. The second-order valence-corrected chi connectivity index (χ2v) is 8.43.